The Kier molecular flexibility index (Phi) is 13.1. The number of hydrogen-bond acceptors (Lipinski definition) is 12. The van der Waals surface area contributed by atoms with Crippen LogP contribution in [0.25, 0.3) is 0 Å². The molecule has 0 fully saturated rings. The molecule has 0 saturated heterocycles. The monoisotopic (exact) mass is 628 g/mol. The number of cyclic esters (lactones) is 2. The van der Waals surface area contributed by atoms with Crippen LogP contribution in [-0.2, 0) is 19.1 Å². The van der Waals surface area contributed by atoms with Crippen LogP contribution in [0.3, 0.4) is 0 Å². The van der Waals surface area contributed by atoms with Gasteiger partial charge in [0.25, 0.3) is 0 Å². The zero-order chi connectivity index (χ0) is 33.3. The number of anilines is 2. The first-order valence-corrected chi connectivity index (χ1v) is 13.3. The normalized spacial score (nSPS) is 13.6. The molecule has 4 aromatic carbocycles. The van der Waals surface area contributed by atoms with Crippen LogP contribution in [0.5, 0.6) is 0 Å². The Hall–Kier alpha value is -6.38. The lowest BCUT2D eigenvalue weighted by atomic mass is 10.1. The van der Waals surface area contributed by atoms with Crippen LogP contribution in [-0.4, -0.2) is 69.3 Å². The Labute approximate surface area is 261 Å². The van der Waals surface area contributed by atoms with E-state index in [1.807, 2.05) is 6.07 Å². The Morgan fingerprint density at radius 1 is 0.783 bits per heavy atom. The highest BCUT2D eigenvalue weighted by molar-refractivity contribution is 6.43. The van der Waals surface area contributed by atoms with Gasteiger partial charge in [-0.2, -0.15) is 10.2 Å². The second kappa shape index (κ2) is 17.7. The largest absolute Gasteiger partial charge is 0.478 e. The number of aliphatic hydroxyl groups is 2. The van der Waals surface area contributed by atoms with Crippen molar-refractivity contribution in [2.45, 2.75) is 0 Å². The van der Waals surface area contributed by atoms with Crippen molar-refractivity contribution in [2.24, 2.45) is 10.2 Å². The zero-order valence-electron chi connectivity index (χ0n) is 23.9. The van der Waals surface area contributed by atoms with E-state index in [-0.39, 0.29) is 22.7 Å². The molecule has 1 aliphatic rings. The van der Waals surface area contributed by atoms with Gasteiger partial charge in [0.1, 0.15) is 6.79 Å². The molecule has 6 N–H and O–H groups in total. The number of rotatable bonds is 6. The van der Waals surface area contributed by atoms with Gasteiger partial charge in [-0.1, -0.05) is 84.9 Å². The number of carbonyl (C=O) groups is 4. The number of ether oxygens (including phenoxy) is 2. The summed E-state index contributed by atoms with van der Waals surface area (Å²) in [4.78, 5) is 46.3. The lowest BCUT2D eigenvalue weighted by Gasteiger charge is -2.13. The first-order valence-electron chi connectivity index (χ1n) is 13.3. The highest BCUT2D eigenvalue weighted by Crippen LogP contribution is 2.18. The minimum Gasteiger partial charge on any atom is -0.478 e. The molecule has 0 atom stereocenters. The minimum atomic E-state index is -1.21. The number of carbonyl (C=O) groups excluding carboxylic acids is 2. The molecule has 0 radical (unpaired) electrons. The first-order chi connectivity index (χ1) is 22.3. The molecule has 0 unspecified atom stereocenters. The highest BCUT2D eigenvalue weighted by Gasteiger charge is 2.20. The van der Waals surface area contributed by atoms with Crippen molar-refractivity contribution in [1.29, 1.82) is 0 Å². The number of aromatic carboxylic acids is 1. The topological polar surface area (TPSA) is 216 Å². The molecule has 46 heavy (non-hydrogen) atoms. The van der Waals surface area contributed by atoms with Gasteiger partial charge in [-0.15, -0.1) is 0 Å². The Bertz CT molecular complexity index is 1710. The minimum absolute atomic E-state index is 0.0130. The summed E-state index contributed by atoms with van der Waals surface area (Å²) in [7, 11) is 0. The fraction of sp³-hybridized carbons (Fsp3) is 0.0625. The highest BCUT2D eigenvalue weighted by atomic mass is 16.7. The summed E-state index contributed by atoms with van der Waals surface area (Å²) >= 11 is 0. The van der Waals surface area contributed by atoms with Gasteiger partial charge in [0, 0.05) is 11.1 Å². The molecule has 1 heterocycles. The lowest BCUT2D eigenvalue weighted by Crippen LogP contribution is -2.24. The summed E-state index contributed by atoms with van der Waals surface area (Å²) in [6, 6.07) is 30.1. The average Bonchev–Trinajstić information content (AvgIpc) is 3.06. The zero-order valence-corrected chi connectivity index (χ0v) is 23.9. The summed E-state index contributed by atoms with van der Waals surface area (Å²) in [6.07, 6.45) is 0. The summed E-state index contributed by atoms with van der Waals surface area (Å²) in [5, 5.41) is 40.4. The molecule has 0 spiro atoms. The van der Waals surface area contributed by atoms with Gasteiger partial charge in [0.2, 0.25) is 6.79 Å². The molecule has 0 bridgehead atoms. The van der Waals surface area contributed by atoms with Gasteiger partial charge >= 0.3 is 23.9 Å². The van der Waals surface area contributed by atoms with E-state index in [4.69, 9.17) is 24.8 Å². The van der Waals surface area contributed by atoms with Crippen LogP contribution < -0.4 is 10.9 Å². The number of esters is 2. The van der Waals surface area contributed by atoms with E-state index in [2.05, 4.69) is 21.1 Å². The number of fused-ring (bicyclic) bond motifs is 1. The molecule has 236 valence electrons. The quantitative estimate of drug-likeness (QED) is 0.0784. The number of carboxylic acids is 2. The lowest BCUT2D eigenvalue weighted by molar-refractivity contribution is -0.143. The van der Waals surface area contributed by atoms with Crippen LogP contribution in [0, 0.1) is 0 Å². The standard InChI is InChI=1S/C16H12N2O4.C15H12N2O4.CH4O2/c19-15-12-8-4-5-9-13(12)17-18-14(16(20)22-10-21-15)11-6-2-1-3-7-11;18-14(19)11-8-4-5-9-12(11)16-17-13(15(20)21)10-6-2-1-3-7-10;2-1-3/h1-9,17H,10H2;1-9,16H,(H,18,19)(H,20,21);2-3H,1H2/b18-14-;17-13-;. The third-order valence-corrected chi connectivity index (χ3v) is 5.75. The predicted octanol–water partition coefficient (Wildman–Crippen LogP) is 3.39. The Morgan fingerprint density at radius 2 is 1.35 bits per heavy atom. The number of nitrogens with zero attached hydrogens (tertiary/aromatic N) is 2. The van der Waals surface area contributed by atoms with Crippen molar-refractivity contribution in [2.75, 3.05) is 24.4 Å². The maximum atomic E-state index is 12.1. The summed E-state index contributed by atoms with van der Waals surface area (Å²) in [5.41, 5.74) is 7.16. The van der Waals surface area contributed by atoms with E-state index in [0.29, 0.717) is 22.4 Å². The first kappa shape index (κ1) is 34.1. The SMILES string of the molecule is O=C(O)/C(=N\Nc1ccccc1C(=O)O)c1ccccc1.O=C1OCOC(=O)c2ccccc2N/N=C\1c1ccccc1.OCO. The second-order valence-corrected chi connectivity index (χ2v) is 8.70. The van der Waals surface area contributed by atoms with Crippen LogP contribution in [0.4, 0.5) is 11.4 Å². The van der Waals surface area contributed by atoms with E-state index < -0.39 is 37.5 Å². The van der Waals surface area contributed by atoms with Crippen LogP contribution >= 0.6 is 0 Å². The fourth-order valence-electron chi connectivity index (χ4n) is 3.70. The number of para-hydroxylation sites is 2. The van der Waals surface area contributed by atoms with Gasteiger partial charge in [0.05, 0.1) is 22.5 Å². The van der Waals surface area contributed by atoms with Crippen molar-refractivity contribution in [1.82, 2.24) is 0 Å². The number of aliphatic carboxylic acids is 1. The molecule has 4 aromatic rings. The maximum Gasteiger partial charge on any atom is 0.362 e. The molecular formula is C32H28N4O10. The van der Waals surface area contributed by atoms with Gasteiger partial charge in [-0.3, -0.25) is 10.9 Å². The van der Waals surface area contributed by atoms with E-state index in [0.717, 1.165) is 0 Å². The fourth-order valence-corrected chi connectivity index (χ4v) is 3.70. The van der Waals surface area contributed by atoms with Crippen molar-refractivity contribution in [3.05, 3.63) is 131 Å². The van der Waals surface area contributed by atoms with E-state index in [1.165, 1.54) is 12.1 Å². The number of benzene rings is 4. The number of hydrogen-bond donors (Lipinski definition) is 6. The molecule has 0 aromatic heterocycles. The van der Waals surface area contributed by atoms with Gasteiger partial charge in [-0.25, -0.2) is 19.2 Å². The number of hydrazone groups is 2. The van der Waals surface area contributed by atoms with Crippen LogP contribution in [0.1, 0.15) is 31.8 Å². The smallest absolute Gasteiger partial charge is 0.362 e. The van der Waals surface area contributed by atoms with E-state index in [9.17, 15) is 24.3 Å². The van der Waals surface area contributed by atoms with Gasteiger partial charge < -0.3 is 29.9 Å². The van der Waals surface area contributed by atoms with E-state index in [1.54, 1.807) is 91.0 Å². The Morgan fingerprint density at radius 3 is 2.00 bits per heavy atom. The third kappa shape index (κ3) is 9.84. The predicted molar refractivity (Wildman–Crippen MR) is 166 cm³/mol. The molecule has 5 rings (SSSR count). The number of aliphatic hydroxyl groups excluding tert-OH is 1. The van der Waals surface area contributed by atoms with E-state index >= 15 is 0 Å². The Balaban J connectivity index is 0.000000231. The second-order valence-electron chi connectivity index (χ2n) is 8.70. The molecule has 14 heteroatoms. The molecule has 14 nitrogen and oxygen atoms in total. The maximum absolute atomic E-state index is 12.1. The van der Waals surface area contributed by atoms with Crippen molar-refractivity contribution < 1.29 is 49.1 Å². The van der Waals surface area contributed by atoms with Crippen molar-refractivity contribution >= 4 is 46.7 Å². The molecule has 0 amide bonds. The van der Waals surface area contributed by atoms with Crippen LogP contribution in [0.15, 0.2) is 119 Å². The van der Waals surface area contributed by atoms with Crippen molar-refractivity contribution in [3.8, 4) is 0 Å². The summed E-state index contributed by atoms with van der Waals surface area (Å²) < 4.78 is 9.84. The number of nitrogens with one attached hydrogen (secondary N) is 2. The summed E-state index contributed by atoms with van der Waals surface area (Å²) in [6.45, 7) is -1.21. The van der Waals surface area contributed by atoms with Crippen LogP contribution in [0.2, 0.25) is 0 Å². The summed E-state index contributed by atoms with van der Waals surface area (Å²) in [5.74, 6) is -3.59. The molecule has 0 aliphatic carbocycles. The van der Waals surface area contributed by atoms with Crippen molar-refractivity contribution in [3.63, 3.8) is 0 Å². The number of carboxylic acid groups (broad SMARTS) is 2. The molecule has 0 saturated carbocycles. The van der Waals surface area contributed by atoms with Gasteiger partial charge in [-0.05, 0) is 24.3 Å². The van der Waals surface area contributed by atoms with Gasteiger partial charge in [0.15, 0.2) is 11.4 Å². The molecule has 1 aliphatic heterocycles. The third-order valence-electron chi connectivity index (χ3n) is 5.75. The average molecular weight is 629 g/mol. The molecular weight excluding hydrogens is 600 g/mol.